The Kier molecular flexibility index (Phi) is 7.88. The molecule has 37 heavy (non-hydrogen) atoms. The summed E-state index contributed by atoms with van der Waals surface area (Å²) in [7, 11) is 1.77. The van der Waals surface area contributed by atoms with Gasteiger partial charge in [-0.3, -0.25) is 19.1 Å². The smallest absolute Gasteiger partial charge is 0.295 e. The highest BCUT2D eigenvalue weighted by Crippen LogP contribution is 2.20. The number of carbonyl (C=O) groups is 2. The van der Waals surface area contributed by atoms with Gasteiger partial charge in [0.2, 0.25) is 5.91 Å². The van der Waals surface area contributed by atoms with Gasteiger partial charge in [0.15, 0.2) is 0 Å². The van der Waals surface area contributed by atoms with Crippen molar-refractivity contribution in [3.05, 3.63) is 106 Å². The molecule has 0 aliphatic carbocycles. The molecular weight excluding hydrogens is 468 g/mol. The number of anilines is 2. The van der Waals surface area contributed by atoms with Crippen LogP contribution < -0.4 is 20.9 Å². The molecule has 0 radical (unpaired) electrons. The second-order valence-electron chi connectivity index (χ2n) is 8.56. The van der Waals surface area contributed by atoms with Crippen molar-refractivity contribution in [2.45, 2.75) is 26.7 Å². The van der Waals surface area contributed by atoms with Crippen LogP contribution in [0.25, 0.3) is 5.69 Å². The molecule has 0 saturated heterocycles. The summed E-state index contributed by atoms with van der Waals surface area (Å²) in [6.07, 6.45) is 0.798. The molecule has 4 aromatic rings. The van der Waals surface area contributed by atoms with Gasteiger partial charge < -0.3 is 15.4 Å². The zero-order valence-electron chi connectivity index (χ0n) is 21.2. The number of para-hydroxylation sites is 2. The van der Waals surface area contributed by atoms with Crippen LogP contribution in [-0.4, -0.2) is 27.8 Å². The molecular formula is C29H30N4O4. The lowest BCUT2D eigenvalue weighted by molar-refractivity contribution is -0.116. The highest BCUT2D eigenvalue weighted by atomic mass is 16.5. The summed E-state index contributed by atoms with van der Waals surface area (Å²) in [6.45, 7) is 4.25. The Balaban J connectivity index is 1.44. The lowest BCUT2D eigenvalue weighted by atomic mass is 10.1. The predicted molar refractivity (Wildman–Crippen MR) is 145 cm³/mol. The van der Waals surface area contributed by atoms with Crippen molar-refractivity contribution in [3.8, 4) is 11.4 Å². The summed E-state index contributed by atoms with van der Waals surface area (Å²) in [5, 5.41) is 5.60. The fourth-order valence-electron chi connectivity index (χ4n) is 4.11. The van der Waals surface area contributed by atoms with Crippen LogP contribution in [0.4, 0.5) is 11.4 Å². The molecule has 0 aliphatic rings. The quantitative estimate of drug-likeness (QED) is 0.350. The van der Waals surface area contributed by atoms with Crippen LogP contribution in [0.5, 0.6) is 5.75 Å². The van der Waals surface area contributed by atoms with Gasteiger partial charge in [-0.1, -0.05) is 42.5 Å². The van der Waals surface area contributed by atoms with Crippen LogP contribution in [0.2, 0.25) is 0 Å². The van der Waals surface area contributed by atoms with E-state index < -0.39 is 5.91 Å². The average molecular weight is 499 g/mol. The SMILES string of the molecule is CCOc1ccccc1CCC(=O)Nc1cccc(C(=O)Nc2c(C)n(C)n(-c3ccccc3)c2=O)c1. The Hall–Kier alpha value is -4.59. The number of aryl methyl sites for hydroxylation is 1. The standard InChI is InChI=1S/C29H30N4O4/c1-4-37-25-16-9-8-11-21(25)17-18-26(34)30-23-13-10-12-22(19-23)28(35)31-27-20(2)32(3)33(29(27)36)24-14-6-5-7-15-24/h5-16,19H,4,17-18H2,1-3H3,(H,30,34)(H,31,35). The first-order chi connectivity index (χ1) is 17.9. The topological polar surface area (TPSA) is 94.4 Å². The van der Waals surface area contributed by atoms with Gasteiger partial charge in [-0.15, -0.1) is 0 Å². The summed E-state index contributed by atoms with van der Waals surface area (Å²) in [5.41, 5.74) is 3.00. The summed E-state index contributed by atoms with van der Waals surface area (Å²) in [5.74, 6) is 0.167. The minimum Gasteiger partial charge on any atom is -0.494 e. The number of rotatable bonds is 9. The van der Waals surface area contributed by atoms with Crippen molar-refractivity contribution in [2.24, 2.45) is 7.05 Å². The monoisotopic (exact) mass is 498 g/mol. The Labute approximate surface area is 215 Å². The second kappa shape index (κ2) is 11.4. The molecule has 0 spiro atoms. The van der Waals surface area contributed by atoms with Crippen molar-refractivity contribution in [1.82, 2.24) is 9.36 Å². The Morgan fingerprint density at radius 1 is 0.919 bits per heavy atom. The number of carbonyl (C=O) groups excluding carboxylic acids is 2. The van der Waals surface area contributed by atoms with E-state index in [4.69, 9.17) is 4.74 Å². The molecule has 0 aliphatic heterocycles. The van der Waals surface area contributed by atoms with E-state index in [1.54, 1.807) is 42.9 Å². The number of hydrogen-bond donors (Lipinski definition) is 2. The maximum absolute atomic E-state index is 13.1. The predicted octanol–water partition coefficient (Wildman–Crippen LogP) is 4.71. The number of aromatic nitrogens is 2. The van der Waals surface area contributed by atoms with Crippen molar-refractivity contribution in [1.29, 1.82) is 0 Å². The highest BCUT2D eigenvalue weighted by molar-refractivity contribution is 6.05. The molecule has 3 aromatic carbocycles. The van der Waals surface area contributed by atoms with Gasteiger partial charge in [-0.25, -0.2) is 4.68 Å². The van der Waals surface area contributed by atoms with Crippen LogP contribution in [0.15, 0.2) is 83.7 Å². The fraction of sp³-hybridized carbons (Fsp3) is 0.207. The maximum Gasteiger partial charge on any atom is 0.295 e. The molecule has 1 aromatic heterocycles. The van der Waals surface area contributed by atoms with E-state index in [1.165, 1.54) is 4.68 Å². The van der Waals surface area contributed by atoms with Gasteiger partial charge in [0, 0.05) is 24.7 Å². The molecule has 8 nitrogen and oxygen atoms in total. The van der Waals surface area contributed by atoms with Crippen LogP contribution in [0, 0.1) is 6.92 Å². The van der Waals surface area contributed by atoms with Crippen molar-refractivity contribution >= 4 is 23.2 Å². The van der Waals surface area contributed by atoms with Gasteiger partial charge in [-0.2, -0.15) is 0 Å². The fourth-order valence-corrected chi connectivity index (χ4v) is 4.11. The largest absolute Gasteiger partial charge is 0.494 e. The van der Waals surface area contributed by atoms with E-state index in [9.17, 15) is 14.4 Å². The minimum absolute atomic E-state index is 0.173. The minimum atomic E-state index is -0.437. The van der Waals surface area contributed by atoms with Gasteiger partial charge >= 0.3 is 0 Å². The lowest BCUT2D eigenvalue weighted by Gasteiger charge is -2.11. The molecule has 0 saturated carbocycles. The summed E-state index contributed by atoms with van der Waals surface area (Å²) >= 11 is 0. The van der Waals surface area contributed by atoms with E-state index in [2.05, 4.69) is 10.6 Å². The second-order valence-corrected chi connectivity index (χ2v) is 8.56. The van der Waals surface area contributed by atoms with Gasteiger partial charge in [0.05, 0.1) is 18.0 Å². The molecule has 0 bridgehead atoms. The lowest BCUT2D eigenvalue weighted by Crippen LogP contribution is -2.23. The first-order valence-electron chi connectivity index (χ1n) is 12.1. The number of hydrogen-bond acceptors (Lipinski definition) is 4. The summed E-state index contributed by atoms with van der Waals surface area (Å²) in [4.78, 5) is 38.7. The number of nitrogens with zero attached hydrogens (tertiary/aromatic N) is 2. The van der Waals surface area contributed by atoms with Crippen LogP contribution >= 0.6 is 0 Å². The van der Waals surface area contributed by atoms with Crippen LogP contribution in [-0.2, 0) is 18.3 Å². The van der Waals surface area contributed by atoms with Crippen LogP contribution in [0.1, 0.15) is 35.0 Å². The number of amides is 2. The molecule has 8 heteroatoms. The molecule has 2 N–H and O–H groups in total. The first kappa shape index (κ1) is 25.5. The van der Waals surface area contributed by atoms with E-state index in [1.807, 2.05) is 61.5 Å². The normalized spacial score (nSPS) is 10.7. The van der Waals surface area contributed by atoms with E-state index in [0.29, 0.717) is 35.7 Å². The third-order valence-corrected chi connectivity index (χ3v) is 6.10. The molecule has 190 valence electrons. The van der Waals surface area contributed by atoms with Crippen molar-refractivity contribution < 1.29 is 14.3 Å². The Morgan fingerprint density at radius 2 is 1.65 bits per heavy atom. The van der Waals surface area contributed by atoms with Gasteiger partial charge in [0.1, 0.15) is 11.4 Å². The Bertz CT molecular complexity index is 1470. The Morgan fingerprint density at radius 3 is 2.41 bits per heavy atom. The number of benzene rings is 3. The molecule has 4 rings (SSSR count). The van der Waals surface area contributed by atoms with Crippen molar-refractivity contribution in [3.63, 3.8) is 0 Å². The molecule has 0 atom stereocenters. The van der Waals surface area contributed by atoms with E-state index in [-0.39, 0.29) is 23.6 Å². The van der Waals surface area contributed by atoms with Crippen LogP contribution in [0.3, 0.4) is 0 Å². The number of nitrogens with one attached hydrogen (secondary N) is 2. The zero-order chi connectivity index (χ0) is 26.4. The third-order valence-electron chi connectivity index (χ3n) is 6.10. The highest BCUT2D eigenvalue weighted by Gasteiger charge is 2.19. The summed E-state index contributed by atoms with van der Waals surface area (Å²) < 4.78 is 8.84. The van der Waals surface area contributed by atoms with E-state index in [0.717, 1.165) is 11.3 Å². The van der Waals surface area contributed by atoms with Gasteiger partial charge in [0.25, 0.3) is 11.5 Å². The first-order valence-corrected chi connectivity index (χ1v) is 12.1. The number of ether oxygens (including phenoxy) is 1. The van der Waals surface area contributed by atoms with Crippen molar-refractivity contribution in [2.75, 3.05) is 17.2 Å². The molecule has 0 fully saturated rings. The summed E-state index contributed by atoms with van der Waals surface area (Å²) in [6, 6.07) is 23.5. The molecule has 1 heterocycles. The maximum atomic E-state index is 13.1. The molecule has 2 amide bonds. The molecule has 0 unspecified atom stereocenters. The zero-order valence-corrected chi connectivity index (χ0v) is 21.2. The third kappa shape index (κ3) is 5.81. The average Bonchev–Trinajstić information content (AvgIpc) is 3.11. The van der Waals surface area contributed by atoms with Gasteiger partial charge in [-0.05, 0) is 62.2 Å². The van der Waals surface area contributed by atoms with E-state index >= 15 is 0 Å².